The summed E-state index contributed by atoms with van der Waals surface area (Å²) in [4.78, 5) is 0. The fourth-order valence-corrected chi connectivity index (χ4v) is 0.691. The van der Waals surface area contributed by atoms with Crippen molar-refractivity contribution in [1.29, 1.82) is 0 Å². The Morgan fingerprint density at radius 3 is 2.25 bits per heavy atom. The van der Waals surface area contributed by atoms with Crippen molar-refractivity contribution in [2.75, 3.05) is 6.61 Å². The summed E-state index contributed by atoms with van der Waals surface area (Å²) >= 11 is 0. The van der Waals surface area contributed by atoms with Crippen molar-refractivity contribution in [2.24, 2.45) is 5.92 Å². The molecule has 0 aliphatic carbocycles. The number of hydrogen-bond donors (Lipinski definition) is 2. The molecule has 0 spiro atoms. The van der Waals surface area contributed by atoms with E-state index in [4.69, 9.17) is 10.2 Å². The molecule has 2 N–H and O–H groups in total. The first-order valence-electron chi connectivity index (χ1n) is 2.69. The van der Waals surface area contributed by atoms with Crippen molar-refractivity contribution in [3.63, 3.8) is 0 Å². The van der Waals surface area contributed by atoms with Gasteiger partial charge in [0.05, 0.1) is 12.7 Å². The third-order valence-electron chi connectivity index (χ3n) is 1.49. The second kappa shape index (κ2) is 2.01. The Bertz CT molecular complexity index is 73.7. The number of aliphatic hydroxyl groups is 2. The van der Waals surface area contributed by atoms with Gasteiger partial charge in [0, 0.05) is 5.92 Å². The fraction of sp³-hybridized carbons (Fsp3) is 1.00. The van der Waals surface area contributed by atoms with Crippen LogP contribution in [0.4, 0.5) is 0 Å². The van der Waals surface area contributed by atoms with E-state index in [1.807, 2.05) is 0 Å². The van der Waals surface area contributed by atoms with Gasteiger partial charge >= 0.3 is 0 Å². The Kier molecular flexibility index (Phi) is 1.51. The highest BCUT2D eigenvalue weighted by Crippen LogP contribution is 2.17. The molecule has 3 nitrogen and oxygen atoms in total. The molecule has 0 amide bonds. The zero-order valence-electron chi connectivity index (χ0n) is 4.74. The molecule has 0 saturated carbocycles. The van der Waals surface area contributed by atoms with Crippen molar-refractivity contribution in [3.8, 4) is 0 Å². The van der Waals surface area contributed by atoms with Crippen LogP contribution in [0.25, 0.3) is 0 Å². The summed E-state index contributed by atoms with van der Waals surface area (Å²) in [6.07, 6.45) is -1.24. The first-order valence-corrected chi connectivity index (χ1v) is 2.69. The van der Waals surface area contributed by atoms with E-state index in [0.29, 0.717) is 0 Å². The summed E-state index contributed by atoms with van der Waals surface area (Å²) in [7, 11) is 0. The van der Waals surface area contributed by atoms with Gasteiger partial charge in [0.25, 0.3) is 0 Å². The predicted molar refractivity (Wildman–Crippen MR) is 27.1 cm³/mol. The zero-order chi connectivity index (χ0) is 6.15. The minimum absolute atomic E-state index is 0.130. The normalized spacial score (nSPS) is 47.6. The van der Waals surface area contributed by atoms with Gasteiger partial charge in [-0.2, -0.15) is 0 Å². The second-order valence-electron chi connectivity index (χ2n) is 2.15. The van der Waals surface area contributed by atoms with Crippen LogP contribution in [0.3, 0.4) is 0 Å². The lowest BCUT2D eigenvalue weighted by atomic mass is 10.9. The molecule has 1 aliphatic heterocycles. The topological polar surface area (TPSA) is 49.7 Å². The summed E-state index contributed by atoms with van der Waals surface area (Å²) in [5.74, 6) is -0.130. The average molecular weight is 122 g/mol. The van der Waals surface area contributed by atoms with E-state index in [9.17, 15) is 0 Å². The molecule has 0 aromatic rings. The predicted octanol–water partition coefficient (Wildman–Crippen LogP) is -0.668. The zero-order valence-corrected chi connectivity index (χ0v) is 4.74. The van der Waals surface area contributed by atoms with Crippen LogP contribution in [-0.4, -0.2) is 29.2 Å². The van der Waals surface area contributed by atoms with Crippen molar-refractivity contribution in [1.82, 2.24) is 0 Å². The fourth-order valence-electron chi connectivity index (χ4n) is 0.691. The van der Waals surface area contributed by atoms with Gasteiger partial charge in [-0.05, 0) is 0 Å². The summed E-state index contributed by atoms with van der Waals surface area (Å²) in [5.41, 5.74) is 0. The van der Waals surface area contributed by atoms with E-state index in [0.717, 1.165) is 0 Å². The molecule has 3 atom stereocenters. The average Bonchev–Trinajstić information content (AvgIpc) is 1.98. The Balaban J connectivity index is 2.44. The van der Waals surface area contributed by atoms with E-state index in [-0.39, 0.29) is 12.5 Å². The Labute approximate surface area is 47.9 Å². The molecular formula is C5H10O3. The minimum Gasteiger partial charge on any atom is -0.390 e. The van der Waals surface area contributed by atoms with Crippen LogP contribution >= 0.6 is 0 Å². The molecule has 0 aromatic carbocycles. The smallest absolute Gasteiger partial charge is 0.159 e. The third kappa shape index (κ3) is 0.844. The van der Waals surface area contributed by atoms with Crippen molar-refractivity contribution >= 4 is 0 Å². The minimum atomic E-state index is -0.759. The van der Waals surface area contributed by atoms with Gasteiger partial charge in [0.15, 0.2) is 6.29 Å². The number of rotatable bonds is 0. The van der Waals surface area contributed by atoms with Gasteiger partial charge in [-0.3, -0.25) is 0 Å². The molecule has 1 saturated heterocycles. The lowest BCUT2D eigenvalue weighted by Crippen LogP contribution is -2.19. The van der Waals surface area contributed by atoms with Crippen LogP contribution in [0.5, 0.6) is 0 Å². The standard InChI is InChI=1S/C5H10O3/c1-3-4(6)2-8-5(3)7/h3-7H,2H2,1H3/t3-,4-,5+/m1/s1/i2+1,3+1,4+1,5+1. The first kappa shape index (κ1) is 6.01. The largest absolute Gasteiger partial charge is 0.390 e. The van der Waals surface area contributed by atoms with Crippen LogP contribution in [0, 0.1) is 5.92 Å². The van der Waals surface area contributed by atoms with E-state index in [2.05, 4.69) is 4.74 Å². The maximum absolute atomic E-state index is 8.88. The highest BCUT2D eigenvalue weighted by Gasteiger charge is 2.30. The van der Waals surface area contributed by atoms with Gasteiger partial charge in [-0.15, -0.1) is 0 Å². The van der Waals surface area contributed by atoms with Gasteiger partial charge in [-0.1, -0.05) is 6.92 Å². The Morgan fingerprint density at radius 1 is 1.50 bits per heavy atom. The monoisotopic (exact) mass is 122 g/mol. The van der Waals surface area contributed by atoms with Gasteiger partial charge < -0.3 is 14.9 Å². The lowest BCUT2D eigenvalue weighted by molar-refractivity contribution is -0.0788. The molecule has 0 radical (unpaired) electrons. The molecule has 0 bridgehead atoms. The SMILES string of the molecule is C[13C@@H]1[13C@H](O)[13CH2]O[13C@@H]1O. The van der Waals surface area contributed by atoms with Crippen molar-refractivity contribution in [3.05, 3.63) is 0 Å². The quantitative estimate of drug-likeness (QED) is 0.419. The number of hydrogen-bond acceptors (Lipinski definition) is 3. The highest BCUT2D eigenvalue weighted by atomic mass is 16.8. The first-order chi connectivity index (χ1) is 3.72. The maximum Gasteiger partial charge on any atom is 0.159 e. The number of ether oxygens (including phenoxy) is 1. The lowest BCUT2D eigenvalue weighted by Gasteiger charge is -2.07. The van der Waals surface area contributed by atoms with Crippen LogP contribution in [0.1, 0.15) is 6.92 Å². The van der Waals surface area contributed by atoms with E-state index in [1.165, 1.54) is 0 Å². The van der Waals surface area contributed by atoms with Crippen molar-refractivity contribution < 1.29 is 14.9 Å². The molecule has 1 heterocycles. The molecule has 3 heteroatoms. The van der Waals surface area contributed by atoms with E-state index >= 15 is 0 Å². The van der Waals surface area contributed by atoms with E-state index < -0.39 is 12.4 Å². The summed E-state index contributed by atoms with van der Waals surface area (Å²) in [6, 6.07) is 0. The summed E-state index contributed by atoms with van der Waals surface area (Å²) in [5, 5.41) is 17.7. The van der Waals surface area contributed by atoms with Crippen LogP contribution in [-0.2, 0) is 4.74 Å². The summed E-state index contributed by atoms with van der Waals surface area (Å²) in [6.45, 7) is 2.02. The Hall–Kier alpha value is -0.120. The molecule has 0 aromatic heterocycles. The number of aliphatic hydroxyl groups excluding tert-OH is 2. The van der Waals surface area contributed by atoms with Crippen LogP contribution < -0.4 is 0 Å². The molecule has 48 valence electrons. The Morgan fingerprint density at radius 2 is 2.12 bits per heavy atom. The van der Waals surface area contributed by atoms with Crippen LogP contribution in [0.15, 0.2) is 0 Å². The van der Waals surface area contributed by atoms with Gasteiger partial charge in [0.2, 0.25) is 0 Å². The molecule has 8 heavy (non-hydrogen) atoms. The molecule has 1 fully saturated rings. The molecular weight excluding hydrogens is 112 g/mol. The molecule has 0 unspecified atom stereocenters. The summed E-state index contributed by atoms with van der Waals surface area (Å²) < 4.78 is 4.68. The van der Waals surface area contributed by atoms with Crippen LogP contribution in [0.2, 0.25) is 0 Å². The van der Waals surface area contributed by atoms with Crippen molar-refractivity contribution in [2.45, 2.75) is 19.3 Å². The van der Waals surface area contributed by atoms with E-state index in [1.54, 1.807) is 6.92 Å². The molecule has 1 rings (SSSR count). The van der Waals surface area contributed by atoms with Gasteiger partial charge in [-0.25, -0.2) is 0 Å². The third-order valence-corrected chi connectivity index (χ3v) is 1.49. The highest BCUT2D eigenvalue weighted by molar-refractivity contribution is 4.72. The van der Waals surface area contributed by atoms with Gasteiger partial charge in [0.1, 0.15) is 0 Å². The second-order valence-corrected chi connectivity index (χ2v) is 2.15. The maximum atomic E-state index is 8.88. The molecule has 1 aliphatic rings.